The Labute approximate surface area is 114 Å². The minimum Gasteiger partial charge on any atom is -0.380 e. The number of Topliss-reactive ketones (excluding diaryl/α,β-unsaturated/α-hetero) is 1. The van der Waals surface area contributed by atoms with Gasteiger partial charge in [-0.3, -0.25) is 4.79 Å². The fourth-order valence-electron chi connectivity index (χ4n) is 2.38. The molecule has 0 heterocycles. The number of hydrogen-bond donors (Lipinski definition) is 0. The van der Waals surface area contributed by atoms with Crippen molar-refractivity contribution in [1.29, 1.82) is 0 Å². The molecule has 1 aromatic rings. The standard InChI is InChI=1S/C17H20O2/c1-13-7-6-10-15(16(13)12-19-2)17(18)11-14-8-4-3-5-9-14/h4,6-10H,3,5,11-12H2,1-2H3. The molecule has 0 aromatic heterocycles. The highest BCUT2D eigenvalue weighted by Crippen LogP contribution is 2.21. The summed E-state index contributed by atoms with van der Waals surface area (Å²) in [6.07, 6.45) is 8.96. The first kappa shape index (κ1) is 13.8. The molecule has 0 spiro atoms. The molecule has 2 nitrogen and oxygen atoms in total. The Morgan fingerprint density at radius 2 is 2.16 bits per heavy atom. The van der Waals surface area contributed by atoms with Gasteiger partial charge in [-0.05, 0) is 36.5 Å². The normalized spacial score (nSPS) is 14.3. The molecule has 0 N–H and O–H groups in total. The number of methoxy groups -OCH3 is 1. The minimum atomic E-state index is 0.175. The highest BCUT2D eigenvalue weighted by molar-refractivity contribution is 5.99. The van der Waals surface area contributed by atoms with Crippen LogP contribution >= 0.6 is 0 Å². The second-order valence-electron chi connectivity index (χ2n) is 4.89. The van der Waals surface area contributed by atoms with Gasteiger partial charge >= 0.3 is 0 Å². The smallest absolute Gasteiger partial charge is 0.167 e. The first-order chi connectivity index (χ1) is 9.22. The molecule has 1 aromatic carbocycles. The van der Waals surface area contributed by atoms with Gasteiger partial charge in [-0.1, -0.05) is 36.4 Å². The van der Waals surface area contributed by atoms with Gasteiger partial charge in [0.2, 0.25) is 0 Å². The second-order valence-corrected chi connectivity index (χ2v) is 4.89. The van der Waals surface area contributed by atoms with Crippen molar-refractivity contribution in [3.05, 3.63) is 58.7 Å². The molecule has 0 unspecified atom stereocenters. The molecule has 2 rings (SSSR count). The number of rotatable bonds is 5. The lowest BCUT2D eigenvalue weighted by molar-refractivity contribution is 0.0988. The molecular formula is C17H20O2. The highest BCUT2D eigenvalue weighted by atomic mass is 16.5. The lowest BCUT2D eigenvalue weighted by Gasteiger charge is -2.12. The van der Waals surface area contributed by atoms with Gasteiger partial charge < -0.3 is 4.74 Å². The number of aryl methyl sites for hydroxylation is 1. The van der Waals surface area contributed by atoms with Gasteiger partial charge in [-0.2, -0.15) is 0 Å². The van der Waals surface area contributed by atoms with E-state index in [0.29, 0.717) is 13.0 Å². The van der Waals surface area contributed by atoms with E-state index in [9.17, 15) is 4.79 Å². The number of carbonyl (C=O) groups is 1. The van der Waals surface area contributed by atoms with Gasteiger partial charge in [0, 0.05) is 19.1 Å². The topological polar surface area (TPSA) is 26.3 Å². The van der Waals surface area contributed by atoms with Gasteiger partial charge in [0.05, 0.1) is 6.61 Å². The van der Waals surface area contributed by atoms with Crippen LogP contribution in [0, 0.1) is 6.92 Å². The Morgan fingerprint density at radius 1 is 1.32 bits per heavy atom. The van der Waals surface area contributed by atoms with Gasteiger partial charge in [0.15, 0.2) is 5.78 Å². The van der Waals surface area contributed by atoms with Crippen LogP contribution in [0.25, 0.3) is 0 Å². The van der Waals surface area contributed by atoms with E-state index in [0.717, 1.165) is 35.1 Å². The number of allylic oxidation sites excluding steroid dienone is 4. The molecule has 0 fully saturated rings. The number of hydrogen-bond acceptors (Lipinski definition) is 2. The van der Waals surface area contributed by atoms with Gasteiger partial charge in [-0.15, -0.1) is 0 Å². The van der Waals surface area contributed by atoms with Gasteiger partial charge in [-0.25, -0.2) is 0 Å². The van der Waals surface area contributed by atoms with Crippen LogP contribution < -0.4 is 0 Å². The third kappa shape index (κ3) is 3.42. The quantitative estimate of drug-likeness (QED) is 0.744. The maximum Gasteiger partial charge on any atom is 0.167 e. The van der Waals surface area contributed by atoms with E-state index in [4.69, 9.17) is 4.74 Å². The van der Waals surface area contributed by atoms with Crippen LogP contribution in [0.2, 0.25) is 0 Å². The Morgan fingerprint density at radius 3 is 2.84 bits per heavy atom. The SMILES string of the molecule is COCc1c(C)cccc1C(=O)CC1=CCCC=C1. The second kappa shape index (κ2) is 6.48. The summed E-state index contributed by atoms with van der Waals surface area (Å²) in [4.78, 5) is 12.4. The highest BCUT2D eigenvalue weighted by Gasteiger charge is 2.14. The van der Waals surface area contributed by atoms with E-state index in [2.05, 4.69) is 18.2 Å². The maximum absolute atomic E-state index is 12.4. The lowest BCUT2D eigenvalue weighted by Crippen LogP contribution is -2.07. The lowest BCUT2D eigenvalue weighted by atomic mass is 9.94. The molecule has 0 radical (unpaired) electrons. The zero-order chi connectivity index (χ0) is 13.7. The van der Waals surface area contributed by atoms with Crippen molar-refractivity contribution in [2.24, 2.45) is 0 Å². The van der Waals surface area contributed by atoms with E-state index in [-0.39, 0.29) is 5.78 Å². The molecule has 0 bridgehead atoms. The molecule has 0 atom stereocenters. The Kier molecular flexibility index (Phi) is 4.69. The average molecular weight is 256 g/mol. The largest absolute Gasteiger partial charge is 0.380 e. The average Bonchev–Trinajstić information content (AvgIpc) is 2.42. The fraction of sp³-hybridized carbons (Fsp3) is 0.353. The summed E-state index contributed by atoms with van der Waals surface area (Å²) < 4.78 is 5.21. The number of benzene rings is 1. The van der Waals surface area contributed by atoms with Crippen molar-refractivity contribution in [3.63, 3.8) is 0 Å². The Hall–Kier alpha value is -1.67. The number of ketones is 1. The molecule has 0 saturated heterocycles. The third-order valence-electron chi connectivity index (χ3n) is 3.44. The zero-order valence-electron chi connectivity index (χ0n) is 11.6. The first-order valence-corrected chi connectivity index (χ1v) is 6.68. The van der Waals surface area contributed by atoms with E-state index in [1.54, 1.807) is 7.11 Å². The fourth-order valence-corrected chi connectivity index (χ4v) is 2.38. The minimum absolute atomic E-state index is 0.175. The van der Waals surface area contributed by atoms with Crippen LogP contribution in [0.4, 0.5) is 0 Å². The molecule has 1 aliphatic carbocycles. The summed E-state index contributed by atoms with van der Waals surface area (Å²) >= 11 is 0. The predicted molar refractivity (Wildman–Crippen MR) is 77.3 cm³/mol. The summed E-state index contributed by atoms with van der Waals surface area (Å²) in [5.41, 5.74) is 4.04. The Bertz CT molecular complexity index is 524. The van der Waals surface area contributed by atoms with Crippen LogP contribution in [-0.2, 0) is 11.3 Å². The molecule has 0 saturated carbocycles. The monoisotopic (exact) mass is 256 g/mol. The van der Waals surface area contributed by atoms with Crippen molar-refractivity contribution in [2.45, 2.75) is 32.8 Å². The van der Waals surface area contributed by atoms with E-state index in [1.165, 1.54) is 0 Å². The number of carbonyl (C=O) groups excluding carboxylic acids is 1. The molecule has 0 amide bonds. The summed E-state index contributed by atoms with van der Waals surface area (Å²) in [5.74, 6) is 0.175. The predicted octanol–water partition coefficient (Wildman–Crippen LogP) is 3.99. The molecule has 100 valence electrons. The van der Waals surface area contributed by atoms with Crippen molar-refractivity contribution >= 4 is 5.78 Å². The first-order valence-electron chi connectivity index (χ1n) is 6.68. The molecule has 0 aliphatic heterocycles. The van der Waals surface area contributed by atoms with Gasteiger partial charge in [0.25, 0.3) is 0 Å². The summed E-state index contributed by atoms with van der Waals surface area (Å²) in [6, 6.07) is 5.86. The van der Waals surface area contributed by atoms with Crippen LogP contribution in [-0.4, -0.2) is 12.9 Å². The summed E-state index contributed by atoms with van der Waals surface area (Å²) in [7, 11) is 1.66. The summed E-state index contributed by atoms with van der Waals surface area (Å²) in [5, 5.41) is 0. The van der Waals surface area contributed by atoms with Crippen LogP contribution in [0.15, 0.2) is 42.0 Å². The molecule has 19 heavy (non-hydrogen) atoms. The summed E-state index contributed by atoms with van der Waals surface area (Å²) in [6.45, 7) is 2.51. The Balaban J connectivity index is 2.21. The third-order valence-corrected chi connectivity index (χ3v) is 3.44. The van der Waals surface area contributed by atoms with Crippen molar-refractivity contribution in [3.8, 4) is 0 Å². The van der Waals surface area contributed by atoms with E-state index < -0.39 is 0 Å². The number of ether oxygens (including phenoxy) is 1. The molecular weight excluding hydrogens is 236 g/mol. The van der Waals surface area contributed by atoms with Crippen molar-refractivity contribution in [2.75, 3.05) is 7.11 Å². The maximum atomic E-state index is 12.4. The molecule has 2 heteroatoms. The van der Waals surface area contributed by atoms with Crippen LogP contribution in [0.5, 0.6) is 0 Å². The van der Waals surface area contributed by atoms with E-state index in [1.807, 2.05) is 25.1 Å². The molecule has 1 aliphatic rings. The van der Waals surface area contributed by atoms with Crippen molar-refractivity contribution in [1.82, 2.24) is 0 Å². The van der Waals surface area contributed by atoms with Crippen LogP contribution in [0.1, 0.15) is 40.7 Å². The van der Waals surface area contributed by atoms with Crippen LogP contribution in [0.3, 0.4) is 0 Å². The van der Waals surface area contributed by atoms with Crippen molar-refractivity contribution < 1.29 is 9.53 Å². The van der Waals surface area contributed by atoms with Gasteiger partial charge in [0.1, 0.15) is 0 Å². The van der Waals surface area contributed by atoms with E-state index >= 15 is 0 Å². The zero-order valence-corrected chi connectivity index (χ0v) is 11.6.